The highest BCUT2D eigenvalue weighted by Gasteiger charge is 2.09. The third-order valence-corrected chi connectivity index (χ3v) is 1.31. The van der Waals surface area contributed by atoms with Crippen LogP contribution in [0.4, 0.5) is 15.0 Å². The van der Waals surface area contributed by atoms with E-state index in [0.29, 0.717) is 0 Å². The van der Waals surface area contributed by atoms with Crippen molar-refractivity contribution in [3.63, 3.8) is 0 Å². The highest BCUT2D eigenvalue weighted by molar-refractivity contribution is 5.83. The van der Waals surface area contributed by atoms with E-state index in [0.717, 1.165) is 6.20 Å². The molecular formula is C8H8FN3O3. The van der Waals surface area contributed by atoms with Gasteiger partial charge < -0.3 is 9.72 Å². The second-order valence-electron chi connectivity index (χ2n) is 2.41. The fourth-order valence-electron chi connectivity index (χ4n) is 0.736. The predicted molar refractivity (Wildman–Crippen MR) is 50.0 cm³/mol. The van der Waals surface area contributed by atoms with Crippen molar-refractivity contribution in [2.24, 2.45) is 0 Å². The van der Waals surface area contributed by atoms with Crippen molar-refractivity contribution in [2.75, 3.05) is 11.9 Å². The average Bonchev–Trinajstić information content (AvgIpc) is 2.20. The number of H-pyrrole nitrogens is 1. The number of rotatable bonds is 3. The molecule has 1 amide bonds. The minimum Gasteiger partial charge on any atom is -0.445 e. The molecule has 0 fully saturated rings. The van der Waals surface area contributed by atoms with Crippen LogP contribution in [0, 0.1) is 5.82 Å². The van der Waals surface area contributed by atoms with Crippen molar-refractivity contribution in [1.82, 2.24) is 9.97 Å². The molecule has 0 aliphatic heterocycles. The lowest BCUT2D eigenvalue weighted by atomic mass is 10.5. The molecule has 0 saturated heterocycles. The fourth-order valence-corrected chi connectivity index (χ4v) is 0.736. The second kappa shape index (κ2) is 4.89. The van der Waals surface area contributed by atoms with Crippen molar-refractivity contribution in [3.8, 4) is 0 Å². The normalized spacial score (nSPS) is 9.40. The van der Waals surface area contributed by atoms with Crippen LogP contribution in [0.15, 0.2) is 23.6 Å². The maximum Gasteiger partial charge on any atom is 0.413 e. The van der Waals surface area contributed by atoms with Gasteiger partial charge in [-0.25, -0.2) is 14.0 Å². The maximum atomic E-state index is 12.9. The van der Waals surface area contributed by atoms with E-state index in [4.69, 9.17) is 0 Å². The Morgan fingerprint density at radius 3 is 3.20 bits per heavy atom. The Kier molecular flexibility index (Phi) is 3.55. The first-order chi connectivity index (χ1) is 7.13. The summed E-state index contributed by atoms with van der Waals surface area (Å²) in [4.78, 5) is 26.8. The van der Waals surface area contributed by atoms with Crippen LogP contribution in [0.2, 0.25) is 0 Å². The highest BCUT2D eigenvalue weighted by Crippen LogP contribution is 2.05. The first kappa shape index (κ1) is 10.9. The Balaban J connectivity index is 2.71. The number of hydrogen-bond donors (Lipinski definition) is 2. The summed E-state index contributed by atoms with van der Waals surface area (Å²) in [6, 6.07) is 0. The number of nitrogens with one attached hydrogen (secondary N) is 2. The number of amides is 1. The van der Waals surface area contributed by atoms with E-state index in [1.54, 1.807) is 0 Å². The lowest BCUT2D eigenvalue weighted by Gasteiger charge is -2.03. The van der Waals surface area contributed by atoms with Crippen LogP contribution in [0.1, 0.15) is 0 Å². The van der Waals surface area contributed by atoms with Gasteiger partial charge in [0.2, 0.25) is 0 Å². The number of halogens is 1. The predicted octanol–water partition coefficient (Wildman–Crippen LogP) is 0.643. The number of nitrogens with zero attached hydrogens (tertiary/aromatic N) is 1. The number of carbonyl (C=O) groups excluding carboxylic acids is 1. The molecule has 0 atom stereocenters. The zero-order chi connectivity index (χ0) is 11.3. The molecule has 0 bridgehead atoms. The second-order valence-corrected chi connectivity index (χ2v) is 2.41. The smallest absolute Gasteiger partial charge is 0.413 e. The van der Waals surface area contributed by atoms with Gasteiger partial charge in [-0.2, -0.15) is 4.98 Å². The Labute approximate surface area is 83.8 Å². The molecule has 0 aromatic carbocycles. The first-order valence-corrected chi connectivity index (χ1v) is 3.93. The van der Waals surface area contributed by atoms with Crippen LogP contribution < -0.4 is 11.0 Å². The average molecular weight is 213 g/mol. The molecule has 1 heterocycles. The van der Waals surface area contributed by atoms with Gasteiger partial charge in [0.1, 0.15) is 6.61 Å². The van der Waals surface area contributed by atoms with Crippen LogP contribution in [0.25, 0.3) is 0 Å². The molecule has 1 aromatic rings. The molecule has 0 aliphatic carbocycles. The monoisotopic (exact) mass is 213 g/mol. The van der Waals surface area contributed by atoms with Crippen LogP contribution in [0.5, 0.6) is 0 Å². The summed E-state index contributed by atoms with van der Waals surface area (Å²) < 4.78 is 17.4. The van der Waals surface area contributed by atoms with E-state index in [2.05, 4.69) is 16.3 Å². The van der Waals surface area contributed by atoms with E-state index >= 15 is 0 Å². The highest BCUT2D eigenvalue weighted by atomic mass is 19.1. The minimum atomic E-state index is -0.910. The molecule has 1 aromatic heterocycles. The van der Waals surface area contributed by atoms with Gasteiger partial charge in [-0.3, -0.25) is 5.32 Å². The first-order valence-electron chi connectivity index (χ1n) is 3.93. The molecule has 6 nitrogen and oxygen atoms in total. The molecule has 0 unspecified atom stereocenters. The summed E-state index contributed by atoms with van der Waals surface area (Å²) in [5.41, 5.74) is -0.768. The van der Waals surface area contributed by atoms with Crippen LogP contribution in [0.3, 0.4) is 0 Å². The molecule has 80 valence electrons. The number of aromatic amines is 1. The summed E-state index contributed by atoms with van der Waals surface area (Å²) in [7, 11) is 0. The standard InChI is InChI=1S/C8H8FN3O3/c1-2-3-15-8(14)12-6-5(9)4-10-7(13)11-6/h2,4H,1,3H2,(H2,10,11,12,13,14). The molecular weight excluding hydrogens is 205 g/mol. The van der Waals surface area contributed by atoms with Gasteiger partial charge in [-0.05, 0) is 0 Å². The maximum absolute atomic E-state index is 12.9. The molecule has 7 heteroatoms. The largest absolute Gasteiger partial charge is 0.445 e. The van der Waals surface area contributed by atoms with Crippen LogP contribution in [-0.2, 0) is 4.74 Å². The van der Waals surface area contributed by atoms with Gasteiger partial charge in [-0.15, -0.1) is 0 Å². The third kappa shape index (κ3) is 3.22. The van der Waals surface area contributed by atoms with Gasteiger partial charge in [-0.1, -0.05) is 12.7 Å². The molecule has 2 N–H and O–H groups in total. The lowest BCUT2D eigenvalue weighted by molar-refractivity contribution is 0.174. The molecule has 0 spiro atoms. The van der Waals surface area contributed by atoms with Crippen molar-refractivity contribution in [3.05, 3.63) is 35.2 Å². The summed E-state index contributed by atoms with van der Waals surface area (Å²) in [6.07, 6.45) is 1.23. The lowest BCUT2D eigenvalue weighted by Crippen LogP contribution is -2.20. The zero-order valence-corrected chi connectivity index (χ0v) is 7.62. The van der Waals surface area contributed by atoms with E-state index in [1.807, 2.05) is 10.3 Å². The number of aromatic nitrogens is 2. The zero-order valence-electron chi connectivity index (χ0n) is 7.62. The quantitative estimate of drug-likeness (QED) is 0.722. The minimum absolute atomic E-state index is 0.0172. The molecule has 0 saturated carbocycles. The van der Waals surface area contributed by atoms with Gasteiger partial charge in [0, 0.05) is 6.20 Å². The Morgan fingerprint density at radius 1 is 1.80 bits per heavy atom. The van der Waals surface area contributed by atoms with E-state index in [9.17, 15) is 14.0 Å². The summed E-state index contributed by atoms with van der Waals surface area (Å²) in [5.74, 6) is -1.34. The van der Waals surface area contributed by atoms with Crippen molar-refractivity contribution < 1.29 is 13.9 Å². The van der Waals surface area contributed by atoms with Gasteiger partial charge >= 0.3 is 11.8 Å². The SMILES string of the molecule is C=CCOC(=O)Nc1nc(=O)[nH]cc1F. The van der Waals surface area contributed by atoms with Crippen molar-refractivity contribution >= 4 is 11.9 Å². The van der Waals surface area contributed by atoms with Crippen LogP contribution >= 0.6 is 0 Å². The number of anilines is 1. The van der Waals surface area contributed by atoms with Gasteiger partial charge in [0.05, 0.1) is 0 Å². The number of carbonyl (C=O) groups is 1. The fraction of sp³-hybridized carbons (Fsp3) is 0.125. The summed E-state index contributed by atoms with van der Waals surface area (Å²) >= 11 is 0. The molecule has 1 rings (SSSR count). The summed E-state index contributed by atoms with van der Waals surface area (Å²) in [6.45, 7) is 3.30. The van der Waals surface area contributed by atoms with Crippen molar-refractivity contribution in [2.45, 2.75) is 0 Å². The Bertz CT molecular complexity index is 429. The van der Waals surface area contributed by atoms with E-state index in [-0.39, 0.29) is 6.61 Å². The van der Waals surface area contributed by atoms with E-state index in [1.165, 1.54) is 6.08 Å². The van der Waals surface area contributed by atoms with Gasteiger partial charge in [0.15, 0.2) is 11.6 Å². The number of hydrogen-bond acceptors (Lipinski definition) is 4. The summed E-state index contributed by atoms with van der Waals surface area (Å²) in [5, 5.41) is 1.97. The van der Waals surface area contributed by atoms with Gasteiger partial charge in [0.25, 0.3) is 0 Å². The Hall–Kier alpha value is -2.18. The van der Waals surface area contributed by atoms with E-state index < -0.39 is 23.4 Å². The Morgan fingerprint density at radius 2 is 2.53 bits per heavy atom. The topological polar surface area (TPSA) is 84.1 Å². The molecule has 15 heavy (non-hydrogen) atoms. The molecule has 0 aliphatic rings. The van der Waals surface area contributed by atoms with Crippen molar-refractivity contribution in [1.29, 1.82) is 0 Å². The molecule has 0 radical (unpaired) electrons. The van der Waals surface area contributed by atoms with Crippen LogP contribution in [-0.4, -0.2) is 22.7 Å². The number of ether oxygens (including phenoxy) is 1. The third-order valence-electron chi connectivity index (χ3n) is 1.31.